The zero-order chi connectivity index (χ0) is 28.1. The Hall–Kier alpha value is -4.67. The molecule has 11 heteroatoms. The molecule has 0 saturated heterocycles. The van der Waals surface area contributed by atoms with Crippen LogP contribution in [-0.4, -0.2) is 34.7 Å². The molecule has 9 nitrogen and oxygen atoms in total. The number of aromatic nitrogens is 2. The predicted molar refractivity (Wildman–Crippen MR) is 151 cm³/mol. The van der Waals surface area contributed by atoms with Gasteiger partial charge in [-0.15, -0.1) is 0 Å². The summed E-state index contributed by atoms with van der Waals surface area (Å²) in [5, 5.41) is 13.1. The van der Waals surface area contributed by atoms with Gasteiger partial charge in [0.15, 0.2) is 5.88 Å². The highest BCUT2D eigenvalue weighted by atomic mass is 35.5. The molecule has 0 aliphatic rings. The summed E-state index contributed by atoms with van der Waals surface area (Å²) >= 11 is 6.47. The quantitative estimate of drug-likeness (QED) is 0.134. The van der Waals surface area contributed by atoms with E-state index < -0.39 is 5.91 Å². The SMILES string of the molecule is CN(CCC(=O)NO)c1ccc(-c2ccc3ncnc(Nc4ccc(OCc5cccc(F)c5)c(Cl)c4)c3c2)o1. The van der Waals surface area contributed by atoms with Crippen molar-refractivity contribution in [3.05, 3.63) is 95.5 Å². The Kier molecular flexibility index (Phi) is 8.09. The first-order valence-corrected chi connectivity index (χ1v) is 12.7. The number of nitrogens with zero attached hydrogens (tertiary/aromatic N) is 3. The third-order valence-electron chi connectivity index (χ3n) is 6.16. The molecule has 1 amide bonds. The lowest BCUT2D eigenvalue weighted by molar-refractivity contribution is -0.128. The highest BCUT2D eigenvalue weighted by Gasteiger charge is 2.13. The number of amides is 1. The molecular formula is C29H25ClFN5O4. The van der Waals surface area contributed by atoms with Crippen LogP contribution in [0.3, 0.4) is 0 Å². The van der Waals surface area contributed by atoms with E-state index in [1.807, 2.05) is 36.4 Å². The third kappa shape index (κ3) is 6.31. The molecule has 0 saturated carbocycles. The van der Waals surface area contributed by atoms with Gasteiger partial charge in [-0.05, 0) is 60.2 Å². The van der Waals surface area contributed by atoms with Gasteiger partial charge in [-0.1, -0.05) is 23.7 Å². The van der Waals surface area contributed by atoms with Crippen LogP contribution < -0.4 is 20.4 Å². The monoisotopic (exact) mass is 561 g/mol. The summed E-state index contributed by atoms with van der Waals surface area (Å²) in [7, 11) is 1.80. The van der Waals surface area contributed by atoms with Gasteiger partial charge in [0, 0.05) is 42.7 Å². The van der Waals surface area contributed by atoms with Crippen LogP contribution in [0.4, 0.5) is 21.8 Å². The summed E-state index contributed by atoms with van der Waals surface area (Å²) in [6.07, 6.45) is 1.60. The summed E-state index contributed by atoms with van der Waals surface area (Å²) in [6.45, 7) is 0.558. The minimum absolute atomic E-state index is 0.121. The Morgan fingerprint density at radius 1 is 1.10 bits per heavy atom. The van der Waals surface area contributed by atoms with Gasteiger partial charge in [0.1, 0.15) is 36.1 Å². The average molecular weight is 562 g/mol. The molecule has 2 aromatic heterocycles. The number of ether oxygens (including phenoxy) is 1. The van der Waals surface area contributed by atoms with Crippen LogP contribution in [0.2, 0.25) is 5.02 Å². The summed E-state index contributed by atoms with van der Waals surface area (Å²) in [5.74, 6) is 1.47. The van der Waals surface area contributed by atoms with Gasteiger partial charge >= 0.3 is 0 Å². The van der Waals surface area contributed by atoms with E-state index in [-0.39, 0.29) is 18.8 Å². The first-order valence-electron chi connectivity index (χ1n) is 12.3. The maximum Gasteiger partial charge on any atom is 0.245 e. The van der Waals surface area contributed by atoms with Crippen molar-refractivity contribution in [1.82, 2.24) is 15.4 Å². The van der Waals surface area contributed by atoms with E-state index in [0.717, 1.165) is 16.5 Å². The maximum absolute atomic E-state index is 13.4. The number of carbonyl (C=O) groups excluding carboxylic acids is 1. The molecule has 0 spiro atoms. The van der Waals surface area contributed by atoms with Crippen LogP contribution in [0.1, 0.15) is 12.0 Å². The minimum Gasteiger partial charge on any atom is -0.487 e. The number of hydrogen-bond acceptors (Lipinski definition) is 8. The first kappa shape index (κ1) is 26.9. The van der Waals surface area contributed by atoms with Crippen LogP contribution in [-0.2, 0) is 11.4 Å². The molecule has 3 aromatic carbocycles. The van der Waals surface area contributed by atoms with E-state index in [0.29, 0.717) is 46.0 Å². The van der Waals surface area contributed by atoms with Gasteiger partial charge < -0.3 is 19.4 Å². The van der Waals surface area contributed by atoms with Crippen LogP contribution in [0.5, 0.6) is 5.75 Å². The molecule has 2 heterocycles. The standard InChI is InChI=1S/C29H25ClFN5O4/c1-36(12-11-27(37)35-38)28-10-9-25(40-28)19-5-7-24-22(14-19)29(33-17-32-24)34-21-6-8-26(23(30)15-21)39-16-18-3-2-4-20(31)13-18/h2-10,13-15,17,38H,11-12,16H2,1H3,(H,35,37)(H,32,33,34). The van der Waals surface area contributed by atoms with Crippen molar-refractivity contribution in [2.45, 2.75) is 13.0 Å². The number of hydrogen-bond donors (Lipinski definition) is 3. The Morgan fingerprint density at radius 3 is 2.77 bits per heavy atom. The largest absolute Gasteiger partial charge is 0.487 e. The molecule has 0 atom stereocenters. The minimum atomic E-state index is -0.472. The number of fused-ring (bicyclic) bond motifs is 1. The molecule has 204 valence electrons. The number of benzene rings is 3. The molecule has 40 heavy (non-hydrogen) atoms. The van der Waals surface area contributed by atoms with Crippen molar-refractivity contribution >= 4 is 45.8 Å². The van der Waals surface area contributed by atoms with Gasteiger partial charge in [-0.2, -0.15) is 0 Å². The molecule has 0 bridgehead atoms. The number of nitrogens with one attached hydrogen (secondary N) is 2. The molecular weight excluding hydrogens is 537 g/mol. The highest BCUT2D eigenvalue weighted by Crippen LogP contribution is 2.33. The Labute approximate surface area is 234 Å². The maximum atomic E-state index is 13.4. The fourth-order valence-electron chi connectivity index (χ4n) is 4.05. The summed E-state index contributed by atoms with van der Waals surface area (Å²) in [4.78, 5) is 21.9. The number of furan rings is 1. The van der Waals surface area contributed by atoms with Crippen molar-refractivity contribution in [3.63, 3.8) is 0 Å². The predicted octanol–water partition coefficient (Wildman–Crippen LogP) is 6.34. The molecule has 0 radical (unpaired) electrons. The lowest BCUT2D eigenvalue weighted by atomic mass is 10.1. The molecule has 0 aliphatic heterocycles. The first-order chi connectivity index (χ1) is 19.4. The van der Waals surface area contributed by atoms with E-state index in [9.17, 15) is 9.18 Å². The van der Waals surface area contributed by atoms with Crippen LogP contribution in [0.15, 0.2) is 83.5 Å². The lowest BCUT2D eigenvalue weighted by Crippen LogP contribution is -2.26. The van der Waals surface area contributed by atoms with Crippen molar-refractivity contribution in [1.29, 1.82) is 0 Å². The number of anilines is 3. The van der Waals surface area contributed by atoms with Gasteiger partial charge in [-0.3, -0.25) is 10.0 Å². The summed E-state index contributed by atoms with van der Waals surface area (Å²) in [5.41, 5.74) is 4.57. The normalized spacial score (nSPS) is 10.9. The fraction of sp³-hybridized carbons (Fsp3) is 0.138. The number of hydroxylamine groups is 1. The van der Waals surface area contributed by atoms with E-state index in [1.54, 1.807) is 41.7 Å². The second kappa shape index (κ2) is 12.0. The van der Waals surface area contributed by atoms with Gasteiger partial charge in [0.05, 0.1) is 10.5 Å². The zero-order valence-electron chi connectivity index (χ0n) is 21.4. The van der Waals surface area contributed by atoms with Gasteiger partial charge in [-0.25, -0.2) is 19.8 Å². The van der Waals surface area contributed by atoms with Crippen LogP contribution in [0.25, 0.3) is 22.2 Å². The number of carbonyl (C=O) groups is 1. The van der Waals surface area contributed by atoms with Gasteiger partial charge in [0.2, 0.25) is 5.91 Å². The van der Waals surface area contributed by atoms with E-state index >= 15 is 0 Å². The number of halogens is 2. The van der Waals surface area contributed by atoms with E-state index in [2.05, 4.69) is 15.3 Å². The molecule has 5 aromatic rings. The third-order valence-corrected chi connectivity index (χ3v) is 6.46. The zero-order valence-corrected chi connectivity index (χ0v) is 22.2. The summed E-state index contributed by atoms with van der Waals surface area (Å²) < 4.78 is 25.2. The van der Waals surface area contributed by atoms with Crippen LogP contribution >= 0.6 is 11.6 Å². The molecule has 5 rings (SSSR count). The molecule has 0 aliphatic carbocycles. The second-order valence-electron chi connectivity index (χ2n) is 8.99. The van der Waals surface area contributed by atoms with Crippen molar-refractivity contribution in [2.75, 3.05) is 23.8 Å². The van der Waals surface area contributed by atoms with E-state index in [4.69, 9.17) is 26.0 Å². The summed E-state index contributed by atoms with van der Waals surface area (Å²) in [6, 6.07) is 20.9. The van der Waals surface area contributed by atoms with E-state index in [1.165, 1.54) is 18.5 Å². The Balaban J connectivity index is 1.32. The lowest BCUT2D eigenvalue weighted by Gasteiger charge is -2.15. The highest BCUT2D eigenvalue weighted by molar-refractivity contribution is 6.32. The fourth-order valence-corrected chi connectivity index (χ4v) is 4.29. The van der Waals surface area contributed by atoms with Crippen molar-refractivity contribution in [2.24, 2.45) is 0 Å². The smallest absolute Gasteiger partial charge is 0.245 e. The Morgan fingerprint density at radius 2 is 1.98 bits per heavy atom. The van der Waals surface area contributed by atoms with Crippen LogP contribution in [0, 0.1) is 5.82 Å². The Bertz CT molecular complexity index is 1660. The molecule has 0 unspecified atom stereocenters. The number of rotatable bonds is 10. The molecule has 3 N–H and O–H groups in total. The van der Waals surface area contributed by atoms with Crippen molar-refractivity contribution < 1.29 is 23.5 Å². The average Bonchev–Trinajstić information content (AvgIpc) is 3.46. The molecule has 0 fully saturated rings. The van der Waals surface area contributed by atoms with Crippen molar-refractivity contribution in [3.8, 4) is 17.1 Å². The topological polar surface area (TPSA) is 113 Å². The second-order valence-corrected chi connectivity index (χ2v) is 9.39. The van der Waals surface area contributed by atoms with Gasteiger partial charge in [0.25, 0.3) is 0 Å².